The van der Waals surface area contributed by atoms with Gasteiger partial charge in [0.25, 0.3) is 5.69 Å². The number of fused-ring (bicyclic) bond motifs is 1. The summed E-state index contributed by atoms with van der Waals surface area (Å²) < 4.78 is 2.21. The molecule has 28 heavy (non-hydrogen) atoms. The molecule has 0 aliphatic carbocycles. The number of nitro benzene ring substituents is 1. The Labute approximate surface area is 168 Å². The first-order valence-corrected chi connectivity index (χ1v) is 9.47. The zero-order valence-corrected chi connectivity index (χ0v) is 16.2. The van der Waals surface area contributed by atoms with Crippen molar-refractivity contribution >= 4 is 28.7 Å². The Hall–Kier alpha value is -3.19. The second-order valence-electron chi connectivity index (χ2n) is 6.87. The summed E-state index contributed by atoms with van der Waals surface area (Å²) in [7, 11) is 0. The molecule has 1 aliphatic rings. The number of non-ortho nitro benzene ring substituents is 1. The lowest BCUT2D eigenvalue weighted by Gasteiger charge is -2.39. The Morgan fingerprint density at radius 2 is 1.82 bits per heavy atom. The molecule has 0 amide bonds. The van der Waals surface area contributed by atoms with E-state index in [9.17, 15) is 10.1 Å². The molecule has 2 aromatic carbocycles. The number of nitro groups is 1. The summed E-state index contributed by atoms with van der Waals surface area (Å²) >= 11 is 5.73. The Morgan fingerprint density at radius 1 is 1.11 bits per heavy atom. The number of nitrogens with one attached hydrogen (secondary N) is 1. The van der Waals surface area contributed by atoms with Crippen LogP contribution >= 0.6 is 12.2 Å². The number of benzene rings is 2. The fourth-order valence-electron chi connectivity index (χ4n) is 3.56. The molecule has 0 fully saturated rings. The molecule has 142 valence electrons. The third-order valence-electron chi connectivity index (χ3n) is 5.02. The van der Waals surface area contributed by atoms with E-state index in [1.54, 1.807) is 12.1 Å². The molecular weight excluding hydrogens is 372 g/mol. The molecule has 1 atom stereocenters. The molecule has 6 nitrogen and oxygen atoms in total. The quantitative estimate of drug-likeness (QED) is 0.404. The van der Waals surface area contributed by atoms with E-state index in [2.05, 4.69) is 27.0 Å². The number of hydrogen-bond donors (Lipinski definition) is 1. The van der Waals surface area contributed by atoms with Gasteiger partial charge in [0, 0.05) is 42.8 Å². The van der Waals surface area contributed by atoms with E-state index in [1.807, 2.05) is 49.4 Å². The first-order valence-electron chi connectivity index (χ1n) is 9.06. The Balaban J connectivity index is 1.66. The van der Waals surface area contributed by atoms with Crippen LogP contribution in [0.4, 0.5) is 11.4 Å². The molecule has 0 saturated heterocycles. The van der Waals surface area contributed by atoms with Crippen LogP contribution in [0.2, 0.25) is 0 Å². The summed E-state index contributed by atoms with van der Waals surface area (Å²) in [5.41, 5.74) is 4.31. The fourth-order valence-corrected chi connectivity index (χ4v) is 3.88. The van der Waals surface area contributed by atoms with Crippen molar-refractivity contribution in [1.82, 2.24) is 9.47 Å². The van der Waals surface area contributed by atoms with Crippen molar-refractivity contribution < 1.29 is 4.92 Å². The van der Waals surface area contributed by atoms with Crippen molar-refractivity contribution in [2.45, 2.75) is 19.5 Å². The van der Waals surface area contributed by atoms with E-state index < -0.39 is 0 Å². The molecule has 0 unspecified atom stereocenters. The highest BCUT2D eigenvalue weighted by atomic mass is 32.1. The van der Waals surface area contributed by atoms with Crippen LogP contribution in [-0.2, 0) is 6.54 Å². The van der Waals surface area contributed by atoms with Crippen LogP contribution in [0.1, 0.15) is 22.9 Å². The number of rotatable bonds is 3. The Bertz CT molecular complexity index is 1010. The van der Waals surface area contributed by atoms with Crippen LogP contribution in [0.25, 0.3) is 0 Å². The number of anilines is 1. The zero-order valence-electron chi connectivity index (χ0n) is 15.4. The van der Waals surface area contributed by atoms with Gasteiger partial charge in [-0.15, -0.1) is 0 Å². The van der Waals surface area contributed by atoms with Crippen molar-refractivity contribution in [1.29, 1.82) is 0 Å². The van der Waals surface area contributed by atoms with Gasteiger partial charge in [0.2, 0.25) is 0 Å². The minimum absolute atomic E-state index is 0.0850. The summed E-state index contributed by atoms with van der Waals surface area (Å²) in [5.74, 6) is 0. The lowest BCUT2D eigenvalue weighted by molar-refractivity contribution is -0.384. The minimum atomic E-state index is -0.380. The number of hydrogen-bond acceptors (Lipinski definition) is 3. The lowest BCUT2D eigenvalue weighted by atomic mass is 10.00. The van der Waals surface area contributed by atoms with Crippen molar-refractivity contribution in [2.75, 3.05) is 11.9 Å². The summed E-state index contributed by atoms with van der Waals surface area (Å²) in [4.78, 5) is 12.8. The number of aryl methyl sites for hydroxylation is 1. The maximum absolute atomic E-state index is 11.0. The maximum Gasteiger partial charge on any atom is 0.269 e. The van der Waals surface area contributed by atoms with Crippen LogP contribution in [-0.4, -0.2) is 26.0 Å². The van der Waals surface area contributed by atoms with E-state index in [0.29, 0.717) is 5.11 Å². The molecule has 1 aliphatic heterocycles. The first kappa shape index (κ1) is 18.2. The SMILES string of the molecule is Cc1ccc(NC(=S)N2CCn3cccc3[C@H]2c2ccc([N+](=O)[O-])cc2)cc1. The Kier molecular flexibility index (Phi) is 4.83. The van der Waals surface area contributed by atoms with Crippen LogP contribution in [0, 0.1) is 17.0 Å². The molecule has 1 N–H and O–H groups in total. The predicted molar refractivity (Wildman–Crippen MR) is 113 cm³/mol. The van der Waals surface area contributed by atoms with Gasteiger partial charge in [-0.2, -0.15) is 0 Å². The summed E-state index contributed by atoms with van der Waals surface area (Å²) in [6.45, 7) is 3.63. The third-order valence-corrected chi connectivity index (χ3v) is 5.36. The van der Waals surface area contributed by atoms with Crippen molar-refractivity contribution in [3.05, 3.63) is 93.8 Å². The number of nitrogens with zero attached hydrogens (tertiary/aromatic N) is 3. The first-order chi connectivity index (χ1) is 13.5. The summed E-state index contributed by atoms with van der Waals surface area (Å²) in [6, 6.07) is 18.8. The monoisotopic (exact) mass is 392 g/mol. The van der Waals surface area contributed by atoms with E-state index in [1.165, 1.54) is 5.56 Å². The molecular formula is C21H20N4O2S. The third kappa shape index (κ3) is 3.48. The molecule has 4 rings (SSSR count). The normalized spacial score (nSPS) is 15.8. The number of thiocarbonyl (C=S) groups is 1. The van der Waals surface area contributed by atoms with Gasteiger partial charge in [0.1, 0.15) is 0 Å². The van der Waals surface area contributed by atoms with Crippen LogP contribution < -0.4 is 5.32 Å². The highest BCUT2D eigenvalue weighted by Crippen LogP contribution is 2.33. The standard InChI is InChI=1S/C21H20N4O2S/c1-15-4-8-17(9-5-15)22-21(28)24-14-13-23-12-2-3-19(23)20(24)16-6-10-18(11-7-16)25(26)27/h2-12,20H,13-14H2,1H3,(H,22,28)/t20-/m1/s1. The number of aromatic nitrogens is 1. The van der Waals surface area contributed by atoms with E-state index in [0.717, 1.165) is 30.0 Å². The van der Waals surface area contributed by atoms with Gasteiger partial charge in [-0.1, -0.05) is 17.7 Å². The smallest absolute Gasteiger partial charge is 0.269 e. The summed E-state index contributed by atoms with van der Waals surface area (Å²) in [6.07, 6.45) is 2.06. The van der Waals surface area contributed by atoms with E-state index >= 15 is 0 Å². The van der Waals surface area contributed by atoms with Crippen LogP contribution in [0.15, 0.2) is 66.9 Å². The average molecular weight is 392 g/mol. The van der Waals surface area contributed by atoms with Gasteiger partial charge in [-0.25, -0.2) is 0 Å². The van der Waals surface area contributed by atoms with Gasteiger partial charge in [0.05, 0.1) is 11.0 Å². The van der Waals surface area contributed by atoms with Crippen molar-refractivity contribution in [2.24, 2.45) is 0 Å². The average Bonchev–Trinajstić information content (AvgIpc) is 3.18. The highest BCUT2D eigenvalue weighted by molar-refractivity contribution is 7.80. The van der Waals surface area contributed by atoms with E-state index in [-0.39, 0.29) is 16.7 Å². The zero-order chi connectivity index (χ0) is 19.7. The van der Waals surface area contributed by atoms with Gasteiger partial charge < -0.3 is 14.8 Å². The van der Waals surface area contributed by atoms with Crippen LogP contribution in [0.3, 0.4) is 0 Å². The molecule has 2 heterocycles. The minimum Gasteiger partial charge on any atom is -0.348 e. The largest absolute Gasteiger partial charge is 0.348 e. The molecule has 3 aromatic rings. The predicted octanol–water partition coefficient (Wildman–Crippen LogP) is 4.51. The molecule has 0 spiro atoms. The molecule has 0 bridgehead atoms. The van der Waals surface area contributed by atoms with E-state index in [4.69, 9.17) is 12.2 Å². The lowest BCUT2D eigenvalue weighted by Crippen LogP contribution is -2.44. The Morgan fingerprint density at radius 3 is 2.50 bits per heavy atom. The fraction of sp³-hybridized carbons (Fsp3) is 0.190. The maximum atomic E-state index is 11.0. The van der Waals surface area contributed by atoms with Crippen molar-refractivity contribution in [3.63, 3.8) is 0 Å². The molecule has 1 aromatic heterocycles. The second-order valence-corrected chi connectivity index (χ2v) is 7.25. The second kappa shape index (κ2) is 7.44. The van der Waals surface area contributed by atoms with Crippen molar-refractivity contribution in [3.8, 4) is 0 Å². The molecule has 0 saturated carbocycles. The molecule has 7 heteroatoms. The summed E-state index contributed by atoms with van der Waals surface area (Å²) in [5, 5.41) is 15.0. The van der Waals surface area contributed by atoms with Gasteiger partial charge in [-0.05, 0) is 61.1 Å². The van der Waals surface area contributed by atoms with Gasteiger partial charge in [0.15, 0.2) is 5.11 Å². The highest BCUT2D eigenvalue weighted by Gasteiger charge is 2.30. The van der Waals surface area contributed by atoms with Gasteiger partial charge >= 0.3 is 0 Å². The van der Waals surface area contributed by atoms with Crippen LogP contribution in [0.5, 0.6) is 0 Å². The topological polar surface area (TPSA) is 63.3 Å². The molecule has 0 radical (unpaired) electrons. The van der Waals surface area contributed by atoms with Gasteiger partial charge in [-0.3, -0.25) is 10.1 Å².